The summed E-state index contributed by atoms with van der Waals surface area (Å²) in [4.78, 5) is 29.1. The van der Waals surface area contributed by atoms with Crippen molar-refractivity contribution in [2.45, 2.75) is 89.8 Å². The number of rotatable bonds is 4. The van der Waals surface area contributed by atoms with E-state index in [1.807, 2.05) is 39.0 Å². The lowest BCUT2D eigenvalue weighted by Crippen LogP contribution is -2.65. The molecule has 1 saturated carbocycles. The Morgan fingerprint density at radius 2 is 1.84 bits per heavy atom. The van der Waals surface area contributed by atoms with Crippen LogP contribution in [0.15, 0.2) is 30.3 Å². The van der Waals surface area contributed by atoms with E-state index in [0.29, 0.717) is 22.9 Å². The van der Waals surface area contributed by atoms with Crippen molar-refractivity contribution in [2.24, 2.45) is 0 Å². The third-order valence-electron chi connectivity index (χ3n) is 6.76. The molecular weight excluding hydrogens is 424 g/mol. The molecule has 2 heterocycles. The summed E-state index contributed by atoms with van der Waals surface area (Å²) in [5.74, 6) is -0.174. The maximum Gasteiger partial charge on any atom is 0.277 e. The highest BCUT2D eigenvalue weighted by molar-refractivity contribution is 6.31. The van der Waals surface area contributed by atoms with Gasteiger partial charge in [0.2, 0.25) is 5.91 Å². The second kappa shape index (κ2) is 9.26. The zero-order valence-corrected chi connectivity index (χ0v) is 20.0. The molecule has 1 atom stereocenters. The minimum Gasteiger partial charge on any atom is -0.351 e. The van der Waals surface area contributed by atoms with Gasteiger partial charge in [-0.25, -0.2) is 0 Å². The molecule has 32 heavy (non-hydrogen) atoms. The number of halogens is 1. The number of carbonyl (C=O) groups is 2. The van der Waals surface area contributed by atoms with Gasteiger partial charge in [-0.2, -0.15) is 5.10 Å². The van der Waals surface area contributed by atoms with Crippen molar-refractivity contribution in [1.82, 2.24) is 15.1 Å². The molecule has 1 N–H and O–H groups in total. The highest BCUT2D eigenvalue weighted by atomic mass is 35.5. The Morgan fingerprint density at radius 1 is 1.16 bits per heavy atom. The van der Waals surface area contributed by atoms with Gasteiger partial charge in [0.1, 0.15) is 11.2 Å². The molecule has 1 aromatic carbocycles. The van der Waals surface area contributed by atoms with Gasteiger partial charge < -0.3 is 5.32 Å². The van der Waals surface area contributed by atoms with Gasteiger partial charge in [0.05, 0.1) is 12.2 Å². The summed E-state index contributed by atoms with van der Waals surface area (Å²) in [6, 6.07) is 9.14. The minimum atomic E-state index is -1.11. The number of hydrogen-bond acceptors (Lipinski definition) is 3. The summed E-state index contributed by atoms with van der Waals surface area (Å²) in [6.07, 6.45) is 7.92. The van der Waals surface area contributed by atoms with Gasteiger partial charge in [-0.3, -0.25) is 19.2 Å². The van der Waals surface area contributed by atoms with Crippen LogP contribution in [0.4, 0.5) is 5.69 Å². The number of aromatic nitrogens is 2. The fraction of sp³-hybridized carbons (Fsp3) is 0.560. The minimum absolute atomic E-state index is 0.136. The summed E-state index contributed by atoms with van der Waals surface area (Å²) < 4.78 is 1.70. The maximum absolute atomic E-state index is 13.8. The van der Waals surface area contributed by atoms with Crippen LogP contribution in [0.5, 0.6) is 0 Å². The van der Waals surface area contributed by atoms with Crippen molar-refractivity contribution in [1.29, 1.82) is 0 Å². The van der Waals surface area contributed by atoms with Crippen LogP contribution < -0.4 is 10.2 Å². The van der Waals surface area contributed by atoms with E-state index < -0.39 is 5.54 Å². The average molecular weight is 457 g/mol. The molecule has 0 unspecified atom stereocenters. The zero-order chi connectivity index (χ0) is 22.9. The molecule has 2 aromatic rings. The summed E-state index contributed by atoms with van der Waals surface area (Å²) in [6.45, 7) is 6.23. The predicted molar refractivity (Wildman–Crippen MR) is 127 cm³/mol. The first kappa shape index (κ1) is 22.8. The first-order valence-corrected chi connectivity index (χ1v) is 12.2. The molecule has 1 aliphatic carbocycles. The van der Waals surface area contributed by atoms with Crippen LogP contribution >= 0.6 is 11.6 Å². The van der Waals surface area contributed by atoms with Crippen LogP contribution in [-0.4, -0.2) is 33.2 Å². The number of benzene rings is 1. The third kappa shape index (κ3) is 4.42. The fourth-order valence-electron chi connectivity index (χ4n) is 4.84. The lowest BCUT2D eigenvalue weighted by atomic mass is 9.91. The first-order valence-electron chi connectivity index (χ1n) is 11.8. The molecule has 1 aromatic heterocycles. The van der Waals surface area contributed by atoms with Crippen LogP contribution in [0.1, 0.15) is 87.8 Å². The molecule has 1 fully saturated rings. The van der Waals surface area contributed by atoms with Gasteiger partial charge in [-0.05, 0) is 49.9 Å². The lowest BCUT2D eigenvalue weighted by molar-refractivity contribution is -0.127. The van der Waals surface area contributed by atoms with Gasteiger partial charge in [0, 0.05) is 16.8 Å². The molecule has 0 bridgehead atoms. The molecule has 2 aliphatic rings. The van der Waals surface area contributed by atoms with Crippen LogP contribution in [0.25, 0.3) is 0 Å². The quantitative estimate of drug-likeness (QED) is 0.678. The van der Waals surface area contributed by atoms with E-state index in [9.17, 15) is 9.59 Å². The molecule has 0 spiro atoms. The third-order valence-corrected chi connectivity index (χ3v) is 6.99. The monoisotopic (exact) mass is 456 g/mol. The van der Waals surface area contributed by atoms with Crippen molar-refractivity contribution in [3.8, 4) is 0 Å². The highest BCUT2D eigenvalue weighted by Gasteiger charge is 2.49. The molecular formula is C25H33ClN4O2. The Labute approximate surface area is 195 Å². The number of hydrogen-bond donors (Lipinski definition) is 1. The molecule has 1 aliphatic heterocycles. The molecule has 0 radical (unpaired) electrons. The van der Waals surface area contributed by atoms with Crippen molar-refractivity contribution in [2.75, 3.05) is 4.90 Å². The van der Waals surface area contributed by atoms with Crippen molar-refractivity contribution in [3.05, 3.63) is 46.7 Å². The Morgan fingerprint density at radius 3 is 2.50 bits per heavy atom. The second-order valence-corrected chi connectivity index (χ2v) is 10.1. The van der Waals surface area contributed by atoms with Gasteiger partial charge in [0.25, 0.3) is 5.91 Å². The SMILES string of the molecule is CC(C)c1cc2n(n1)C[C@@](C)(C(=O)NC1CCCCCCC1)N(c1cccc(Cl)c1)C2=O. The maximum atomic E-state index is 13.8. The van der Waals surface area contributed by atoms with Crippen LogP contribution in [-0.2, 0) is 11.3 Å². The van der Waals surface area contributed by atoms with E-state index >= 15 is 0 Å². The highest BCUT2D eigenvalue weighted by Crippen LogP contribution is 2.35. The van der Waals surface area contributed by atoms with Crippen molar-refractivity contribution < 1.29 is 9.59 Å². The van der Waals surface area contributed by atoms with Crippen LogP contribution in [0.3, 0.4) is 0 Å². The van der Waals surface area contributed by atoms with Gasteiger partial charge >= 0.3 is 0 Å². The molecule has 7 heteroatoms. The number of anilines is 1. The van der Waals surface area contributed by atoms with Crippen LogP contribution in [0.2, 0.25) is 5.02 Å². The Bertz CT molecular complexity index is 994. The zero-order valence-electron chi connectivity index (χ0n) is 19.2. The lowest BCUT2D eigenvalue weighted by Gasteiger charge is -2.43. The Hall–Kier alpha value is -2.34. The number of nitrogens with zero attached hydrogens (tertiary/aromatic N) is 3. The molecule has 2 amide bonds. The van der Waals surface area contributed by atoms with Gasteiger partial charge in [-0.1, -0.05) is 63.6 Å². The topological polar surface area (TPSA) is 67.2 Å². The molecule has 172 valence electrons. The summed E-state index contributed by atoms with van der Waals surface area (Å²) in [7, 11) is 0. The number of amides is 2. The van der Waals surface area contributed by atoms with Gasteiger partial charge in [-0.15, -0.1) is 0 Å². The average Bonchev–Trinajstić information content (AvgIpc) is 3.14. The first-order chi connectivity index (χ1) is 15.3. The molecule has 6 nitrogen and oxygen atoms in total. The van der Waals surface area contributed by atoms with E-state index in [-0.39, 0.29) is 23.8 Å². The van der Waals surface area contributed by atoms with Crippen molar-refractivity contribution >= 4 is 29.1 Å². The van der Waals surface area contributed by atoms with E-state index in [4.69, 9.17) is 11.6 Å². The second-order valence-electron chi connectivity index (χ2n) is 9.68. The van der Waals surface area contributed by atoms with Crippen LogP contribution in [0, 0.1) is 0 Å². The smallest absolute Gasteiger partial charge is 0.277 e. The van der Waals surface area contributed by atoms with E-state index in [1.54, 1.807) is 21.7 Å². The summed E-state index contributed by atoms with van der Waals surface area (Å²) >= 11 is 6.26. The largest absolute Gasteiger partial charge is 0.351 e. The molecule has 0 saturated heterocycles. The standard InChI is InChI=1S/C25H33ClN4O2/c1-17(2)21-15-22-23(31)30(20-13-9-10-18(26)14-20)25(3,16-29(22)28-21)24(32)27-19-11-7-5-4-6-8-12-19/h9-10,13-15,17,19H,4-8,11-12,16H2,1-3H3,(H,27,32)/t25-/m0/s1. The number of carbonyl (C=O) groups excluding carboxylic acids is 2. The Kier molecular flexibility index (Phi) is 6.61. The normalized spacial score (nSPS) is 22.4. The Balaban J connectivity index is 1.71. The van der Waals surface area contributed by atoms with E-state index in [2.05, 4.69) is 10.4 Å². The fourth-order valence-corrected chi connectivity index (χ4v) is 5.03. The molecule has 4 rings (SSSR count). The predicted octanol–water partition coefficient (Wildman–Crippen LogP) is 5.31. The summed E-state index contributed by atoms with van der Waals surface area (Å²) in [5.41, 5.74) is 0.863. The number of nitrogens with one attached hydrogen (secondary N) is 1. The van der Waals surface area contributed by atoms with E-state index in [1.165, 1.54) is 19.3 Å². The van der Waals surface area contributed by atoms with E-state index in [0.717, 1.165) is 31.4 Å². The summed E-state index contributed by atoms with van der Waals surface area (Å²) in [5, 5.41) is 8.47. The number of fused-ring (bicyclic) bond motifs is 1. The van der Waals surface area contributed by atoms with Gasteiger partial charge in [0.15, 0.2) is 0 Å². The van der Waals surface area contributed by atoms with Crippen molar-refractivity contribution in [3.63, 3.8) is 0 Å².